The largest absolute Gasteiger partial charge is 0.416 e. The smallest absolute Gasteiger partial charge is 0.381 e. The van der Waals surface area contributed by atoms with E-state index in [0.717, 1.165) is 12.5 Å². The highest BCUT2D eigenvalue weighted by molar-refractivity contribution is 5.29. The highest BCUT2D eigenvalue weighted by atomic mass is 19.4. The van der Waals surface area contributed by atoms with Crippen LogP contribution in [0.4, 0.5) is 13.2 Å². The third-order valence-electron chi connectivity index (χ3n) is 2.41. The molecule has 0 unspecified atom stereocenters. The Labute approximate surface area is 99.6 Å². The van der Waals surface area contributed by atoms with Crippen LogP contribution in [0.1, 0.15) is 30.9 Å². The number of alkyl halides is 3. The molecular formula is C13H17F3O. The van der Waals surface area contributed by atoms with Crippen molar-refractivity contribution >= 4 is 0 Å². The fourth-order valence-corrected chi connectivity index (χ4v) is 1.63. The monoisotopic (exact) mass is 246 g/mol. The summed E-state index contributed by atoms with van der Waals surface area (Å²) in [5.41, 5.74) is -0.185. The third kappa shape index (κ3) is 4.77. The fourth-order valence-electron chi connectivity index (χ4n) is 1.63. The number of benzene rings is 1. The molecule has 4 heteroatoms. The van der Waals surface area contributed by atoms with Gasteiger partial charge in [-0.15, -0.1) is 0 Å². The van der Waals surface area contributed by atoms with Gasteiger partial charge in [-0.2, -0.15) is 13.2 Å². The summed E-state index contributed by atoms with van der Waals surface area (Å²) < 4.78 is 43.2. The lowest BCUT2D eigenvalue weighted by Gasteiger charge is -2.12. The summed E-state index contributed by atoms with van der Waals surface area (Å²) in [6, 6.07) is 5.71. The second-order valence-electron chi connectivity index (χ2n) is 3.87. The predicted molar refractivity (Wildman–Crippen MR) is 60.9 cm³/mol. The number of halogens is 3. The first-order valence-electron chi connectivity index (χ1n) is 5.78. The van der Waals surface area contributed by atoms with Crippen LogP contribution in [0.15, 0.2) is 24.3 Å². The van der Waals surface area contributed by atoms with Gasteiger partial charge in [-0.25, -0.2) is 0 Å². The first-order chi connectivity index (χ1) is 8.05. The summed E-state index contributed by atoms with van der Waals surface area (Å²) in [7, 11) is 0. The molecule has 0 saturated carbocycles. The second-order valence-corrected chi connectivity index (χ2v) is 3.87. The number of rotatable bonds is 6. The molecule has 0 saturated heterocycles. The molecule has 0 N–H and O–H groups in total. The molecule has 1 aromatic carbocycles. The molecule has 0 radical (unpaired) electrons. The van der Waals surface area contributed by atoms with Crippen LogP contribution >= 0.6 is 0 Å². The van der Waals surface area contributed by atoms with Crippen molar-refractivity contribution in [3.63, 3.8) is 0 Å². The molecule has 1 aromatic rings. The van der Waals surface area contributed by atoms with Gasteiger partial charge in [0.1, 0.15) is 0 Å². The van der Waals surface area contributed by atoms with E-state index in [9.17, 15) is 13.2 Å². The highest BCUT2D eigenvalue weighted by Crippen LogP contribution is 2.32. The standard InChI is InChI=1S/C13H17F3O/c1-2-9-17-10-5-7-11-6-3-4-8-12(11)13(14,15)16/h3-4,6,8H,2,5,7,9-10H2,1H3. The maximum absolute atomic E-state index is 12.6. The molecule has 0 spiro atoms. The Morgan fingerprint density at radius 3 is 2.47 bits per heavy atom. The molecule has 17 heavy (non-hydrogen) atoms. The van der Waals surface area contributed by atoms with Crippen molar-refractivity contribution in [3.8, 4) is 0 Å². The van der Waals surface area contributed by atoms with Crippen LogP contribution < -0.4 is 0 Å². The predicted octanol–water partition coefficient (Wildman–Crippen LogP) is 4.06. The van der Waals surface area contributed by atoms with E-state index in [1.807, 2.05) is 6.92 Å². The van der Waals surface area contributed by atoms with E-state index in [2.05, 4.69) is 0 Å². The summed E-state index contributed by atoms with van der Waals surface area (Å²) in [6.07, 6.45) is -2.31. The lowest BCUT2D eigenvalue weighted by molar-refractivity contribution is -0.138. The molecular weight excluding hydrogens is 229 g/mol. The van der Waals surface area contributed by atoms with Crippen LogP contribution in [0.3, 0.4) is 0 Å². The topological polar surface area (TPSA) is 9.23 Å². The average Bonchev–Trinajstić information content (AvgIpc) is 2.28. The van der Waals surface area contributed by atoms with Crippen molar-refractivity contribution in [2.75, 3.05) is 13.2 Å². The van der Waals surface area contributed by atoms with Crippen molar-refractivity contribution in [3.05, 3.63) is 35.4 Å². The maximum atomic E-state index is 12.6. The van der Waals surface area contributed by atoms with Crippen molar-refractivity contribution < 1.29 is 17.9 Å². The SMILES string of the molecule is CCCOCCCc1ccccc1C(F)(F)F. The molecule has 0 fully saturated rings. The van der Waals surface area contributed by atoms with E-state index in [0.29, 0.717) is 31.6 Å². The Hall–Kier alpha value is -1.03. The number of aryl methyl sites for hydroxylation is 1. The molecule has 0 bridgehead atoms. The van der Waals surface area contributed by atoms with Gasteiger partial charge >= 0.3 is 6.18 Å². The maximum Gasteiger partial charge on any atom is 0.416 e. The lowest BCUT2D eigenvalue weighted by atomic mass is 10.0. The van der Waals surface area contributed by atoms with Crippen molar-refractivity contribution in [2.45, 2.75) is 32.4 Å². The minimum atomic E-state index is -4.26. The molecule has 0 aliphatic heterocycles. The number of ether oxygens (including phenoxy) is 1. The zero-order valence-electron chi connectivity index (χ0n) is 9.89. The normalized spacial score (nSPS) is 11.8. The number of hydrogen-bond acceptors (Lipinski definition) is 1. The van der Waals surface area contributed by atoms with E-state index < -0.39 is 11.7 Å². The van der Waals surface area contributed by atoms with Crippen LogP contribution in [0.25, 0.3) is 0 Å². The molecule has 0 aromatic heterocycles. The molecule has 0 heterocycles. The zero-order chi connectivity index (χ0) is 12.7. The fraction of sp³-hybridized carbons (Fsp3) is 0.538. The lowest BCUT2D eigenvalue weighted by Crippen LogP contribution is -2.09. The van der Waals surface area contributed by atoms with E-state index in [1.54, 1.807) is 6.07 Å². The van der Waals surface area contributed by atoms with E-state index in [4.69, 9.17) is 4.74 Å². The molecule has 0 amide bonds. The molecule has 0 aliphatic carbocycles. The second kappa shape index (κ2) is 6.64. The van der Waals surface area contributed by atoms with Gasteiger partial charge in [0.05, 0.1) is 5.56 Å². The molecule has 1 nitrogen and oxygen atoms in total. The first kappa shape index (κ1) is 14.0. The Morgan fingerprint density at radius 1 is 1.12 bits per heavy atom. The minimum Gasteiger partial charge on any atom is -0.381 e. The van der Waals surface area contributed by atoms with Gasteiger partial charge in [0.2, 0.25) is 0 Å². The summed E-state index contributed by atoms with van der Waals surface area (Å²) in [5.74, 6) is 0. The summed E-state index contributed by atoms with van der Waals surface area (Å²) in [4.78, 5) is 0. The van der Waals surface area contributed by atoms with Gasteiger partial charge in [0, 0.05) is 13.2 Å². The van der Waals surface area contributed by atoms with Crippen LogP contribution in [0.2, 0.25) is 0 Å². The molecule has 0 aliphatic rings. The van der Waals surface area contributed by atoms with E-state index in [-0.39, 0.29) is 0 Å². The van der Waals surface area contributed by atoms with Crippen molar-refractivity contribution in [2.24, 2.45) is 0 Å². The van der Waals surface area contributed by atoms with Gasteiger partial charge in [0.25, 0.3) is 0 Å². The van der Waals surface area contributed by atoms with Gasteiger partial charge in [-0.3, -0.25) is 0 Å². The Morgan fingerprint density at radius 2 is 1.82 bits per heavy atom. The summed E-state index contributed by atoms with van der Waals surface area (Å²) in [6.45, 7) is 3.18. The quantitative estimate of drug-likeness (QED) is 0.688. The third-order valence-corrected chi connectivity index (χ3v) is 2.41. The molecule has 0 atom stereocenters. The summed E-state index contributed by atoms with van der Waals surface area (Å²) >= 11 is 0. The summed E-state index contributed by atoms with van der Waals surface area (Å²) in [5, 5.41) is 0. The van der Waals surface area contributed by atoms with Gasteiger partial charge < -0.3 is 4.74 Å². The number of hydrogen-bond donors (Lipinski definition) is 0. The Balaban J connectivity index is 2.53. The van der Waals surface area contributed by atoms with Crippen LogP contribution in [-0.2, 0) is 17.3 Å². The molecule has 96 valence electrons. The van der Waals surface area contributed by atoms with Crippen molar-refractivity contribution in [1.82, 2.24) is 0 Å². The highest BCUT2D eigenvalue weighted by Gasteiger charge is 2.32. The van der Waals surface area contributed by atoms with Gasteiger partial charge in [-0.05, 0) is 30.9 Å². The first-order valence-corrected chi connectivity index (χ1v) is 5.78. The molecule has 1 rings (SSSR count). The minimum absolute atomic E-state index is 0.347. The Bertz CT molecular complexity index is 334. The zero-order valence-corrected chi connectivity index (χ0v) is 9.89. The van der Waals surface area contributed by atoms with Crippen LogP contribution in [-0.4, -0.2) is 13.2 Å². The van der Waals surface area contributed by atoms with Gasteiger partial charge in [-0.1, -0.05) is 25.1 Å². The Kier molecular flexibility index (Phi) is 5.48. The van der Waals surface area contributed by atoms with Gasteiger partial charge in [0.15, 0.2) is 0 Å². The van der Waals surface area contributed by atoms with E-state index in [1.165, 1.54) is 12.1 Å². The van der Waals surface area contributed by atoms with Crippen molar-refractivity contribution in [1.29, 1.82) is 0 Å². The van der Waals surface area contributed by atoms with Crippen LogP contribution in [0, 0.1) is 0 Å². The van der Waals surface area contributed by atoms with E-state index >= 15 is 0 Å². The van der Waals surface area contributed by atoms with Crippen LogP contribution in [0.5, 0.6) is 0 Å². The average molecular weight is 246 g/mol.